The first kappa shape index (κ1) is 20.1. The summed E-state index contributed by atoms with van der Waals surface area (Å²) in [5, 5.41) is 19.1. The molecule has 3 aliphatic rings. The number of fused-ring (bicyclic) bond motifs is 3. The number of aliphatic hydroxyl groups excluding tert-OH is 1. The van der Waals surface area contributed by atoms with Gasteiger partial charge in [-0.05, 0) is 36.3 Å². The van der Waals surface area contributed by atoms with E-state index in [1.165, 1.54) is 18.2 Å². The van der Waals surface area contributed by atoms with Crippen LogP contribution in [0.3, 0.4) is 0 Å². The average molecular weight is 410 g/mol. The average Bonchev–Trinajstić information content (AvgIpc) is 3.15. The molecule has 4 atom stereocenters. The van der Waals surface area contributed by atoms with Crippen LogP contribution in [0.15, 0.2) is 59.2 Å². The van der Waals surface area contributed by atoms with Crippen molar-refractivity contribution in [1.82, 2.24) is 0 Å². The fourth-order valence-electron chi connectivity index (χ4n) is 4.63. The number of benzene rings is 1. The maximum atomic E-state index is 12.6. The summed E-state index contributed by atoms with van der Waals surface area (Å²) >= 11 is 0. The summed E-state index contributed by atoms with van der Waals surface area (Å²) in [6.07, 6.45) is 0.183. The van der Waals surface area contributed by atoms with Gasteiger partial charge in [0.05, 0.1) is 18.9 Å². The minimum atomic E-state index is -0.756. The fourth-order valence-corrected chi connectivity index (χ4v) is 4.63. The number of aromatic hydroxyl groups is 1. The Labute approximate surface area is 173 Å². The highest BCUT2D eigenvalue weighted by atomic mass is 16.6. The Morgan fingerprint density at radius 1 is 1.27 bits per heavy atom. The van der Waals surface area contributed by atoms with Crippen molar-refractivity contribution in [2.75, 3.05) is 6.61 Å². The van der Waals surface area contributed by atoms with Crippen molar-refractivity contribution in [3.63, 3.8) is 0 Å². The van der Waals surface area contributed by atoms with Crippen LogP contribution in [0.1, 0.15) is 18.9 Å². The molecule has 7 nitrogen and oxygen atoms in total. The zero-order valence-corrected chi connectivity index (χ0v) is 16.5. The SMILES string of the molecule is C=C1C(=O)O[C@@H]2[C@@H]3C(CO)=CC(=O)C3=C(C)C[C@H](OC(=O)Cc3ccc(O)cc3)[C@@H]12. The van der Waals surface area contributed by atoms with Crippen LogP contribution in [0.25, 0.3) is 0 Å². The molecule has 2 N–H and O–H groups in total. The molecule has 156 valence electrons. The number of esters is 2. The molecular weight excluding hydrogens is 388 g/mol. The highest BCUT2D eigenvalue weighted by Gasteiger charge is 2.54. The third-order valence-corrected chi connectivity index (χ3v) is 6.00. The van der Waals surface area contributed by atoms with Gasteiger partial charge in [0.25, 0.3) is 0 Å². The van der Waals surface area contributed by atoms with Crippen molar-refractivity contribution in [2.45, 2.75) is 32.0 Å². The number of aliphatic hydroxyl groups is 1. The van der Waals surface area contributed by atoms with Crippen LogP contribution in [0.2, 0.25) is 0 Å². The van der Waals surface area contributed by atoms with Gasteiger partial charge < -0.3 is 19.7 Å². The van der Waals surface area contributed by atoms with Crippen LogP contribution in [0.5, 0.6) is 5.75 Å². The minimum absolute atomic E-state index is 0.00474. The number of rotatable bonds is 4. The first-order chi connectivity index (χ1) is 14.3. The van der Waals surface area contributed by atoms with Gasteiger partial charge in [0, 0.05) is 23.5 Å². The summed E-state index contributed by atoms with van der Waals surface area (Å²) in [4.78, 5) is 37.5. The molecule has 0 unspecified atom stereocenters. The fraction of sp³-hybridized carbons (Fsp3) is 0.348. The van der Waals surface area contributed by atoms with Crippen molar-refractivity contribution < 1.29 is 34.1 Å². The Balaban J connectivity index is 1.63. The second-order valence-electron chi connectivity index (χ2n) is 7.91. The van der Waals surface area contributed by atoms with Crippen LogP contribution in [-0.4, -0.2) is 46.7 Å². The van der Waals surface area contributed by atoms with E-state index in [0.29, 0.717) is 16.7 Å². The first-order valence-corrected chi connectivity index (χ1v) is 9.72. The van der Waals surface area contributed by atoms with E-state index in [0.717, 1.165) is 5.57 Å². The number of ketones is 1. The Morgan fingerprint density at radius 3 is 2.63 bits per heavy atom. The number of phenols is 1. The van der Waals surface area contributed by atoms with Gasteiger partial charge in [-0.1, -0.05) is 24.3 Å². The van der Waals surface area contributed by atoms with Gasteiger partial charge in [-0.3, -0.25) is 9.59 Å². The summed E-state index contributed by atoms with van der Waals surface area (Å²) in [5.74, 6) is -2.37. The van der Waals surface area contributed by atoms with E-state index < -0.39 is 36.0 Å². The van der Waals surface area contributed by atoms with E-state index in [1.54, 1.807) is 19.1 Å². The molecule has 1 fully saturated rings. The molecule has 1 heterocycles. The van der Waals surface area contributed by atoms with E-state index in [1.807, 2.05) is 0 Å². The minimum Gasteiger partial charge on any atom is -0.508 e. The molecule has 2 aliphatic carbocycles. The van der Waals surface area contributed by atoms with E-state index in [-0.39, 0.29) is 36.6 Å². The Morgan fingerprint density at radius 2 is 1.97 bits per heavy atom. The lowest BCUT2D eigenvalue weighted by Crippen LogP contribution is -2.36. The van der Waals surface area contributed by atoms with Crippen LogP contribution in [0, 0.1) is 11.8 Å². The topological polar surface area (TPSA) is 110 Å². The molecule has 0 spiro atoms. The quantitative estimate of drug-likeness (QED) is 0.575. The second-order valence-corrected chi connectivity index (χ2v) is 7.91. The molecule has 1 saturated heterocycles. The summed E-state index contributed by atoms with van der Waals surface area (Å²) in [5.41, 5.74) is 2.60. The van der Waals surface area contributed by atoms with Gasteiger partial charge >= 0.3 is 11.9 Å². The van der Waals surface area contributed by atoms with Gasteiger partial charge in [-0.2, -0.15) is 0 Å². The second kappa shape index (κ2) is 7.57. The zero-order chi connectivity index (χ0) is 21.6. The van der Waals surface area contributed by atoms with Gasteiger partial charge in [-0.15, -0.1) is 0 Å². The summed E-state index contributed by atoms with van der Waals surface area (Å²) in [7, 11) is 0. The number of allylic oxidation sites excluding steroid dienone is 1. The van der Waals surface area contributed by atoms with E-state index in [2.05, 4.69) is 6.58 Å². The van der Waals surface area contributed by atoms with Crippen molar-refractivity contribution in [1.29, 1.82) is 0 Å². The molecule has 0 radical (unpaired) electrons. The van der Waals surface area contributed by atoms with Gasteiger partial charge in [0.15, 0.2) is 5.78 Å². The molecule has 0 saturated carbocycles. The molecule has 30 heavy (non-hydrogen) atoms. The molecule has 0 aromatic heterocycles. The maximum absolute atomic E-state index is 12.6. The molecule has 0 bridgehead atoms. The number of phenolic OH excluding ortho intramolecular Hbond substituents is 1. The van der Waals surface area contributed by atoms with E-state index in [4.69, 9.17) is 9.47 Å². The van der Waals surface area contributed by atoms with Gasteiger partial charge in [0.2, 0.25) is 0 Å². The molecule has 1 aromatic carbocycles. The molecule has 1 aromatic rings. The van der Waals surface area contributed by atoms with Crippen molar-refractivity contribution >= 4 is 17.7 Å². The monoisotopic (exact) mass is 410 g/mol. The lowest BCUT2D eigenvalue weighted by molar-refractivity contribution is -0.152. The number of carbonyl (C=O) groups excluding carboxylic acids is 3. The lowest BCUT2D eigenvalue weighted by atomic mass is 9.82. The van der Waals surface area contributed by atoms with Crippen LogP contribution in [-0.2, 0) is 30.3 Å². The number of hydrogen-bond acceptors (Lipinski definition) is 7. The van der Waals surface area contributed by atoms with Crippen molar-refractivity contribution in [2.24, 2.45) is 11.8 Å². The van der Waals surface area contributed by atoms with Crippen molar-refractivity contribution in [3.05, 3.63) is 64.8 Å². The first-order valence-electron chi connectivity index (χ1n) is 9.72. The molecule has 1 aliphatic heterocycles. The Kier molecular flexibility index (Phi) is 5.07. The maximum Gasteiger partial charge on any atom is 0.334 e. The van der Waals surface area contributed by atoms with E-state index in [9.17, 15) is 24.6 Å². The molecule has 0 amide bonds. The third-order valence-electron chi connectivity index (χ3n) is 6.00. The number of carbonyl (C=O) groups is 3. The predicted octanol–water partition coefficient (Wildman–Crippen LogP) is 1.78. The van der Waals surface area contributed by atoms with Gasteiger partial charge in [-0.25, -0.2) is 4.79 Å². The number of ether oxygens (including phenoxy) is 2. The summed E-state index contributed by atoms with van der Waals surface area (Å²) in [6, 6.07) is 6.23. The molecular formula is C23H22O7. The van der Waals surface area contributed by atoms with E-state index >= 15 is 0 Å². The largest absolute Gasteiger partial charge is 0.508 e. The smallest absolute Gasteiger partial charge is 0.334 e. The van der Waals surface area contributed by atoms with Crippen LogP contribution >= 0.6 is 0 Å². The summed E-state index contributed by atoms with van der Waals surface area (Å²) < 4.78 is 11.3. The van der Waals surface area contributed by atoms with Crippen LogP contribution < -0.4 is 0 Å². The standard InChI is InChI=1S/C23H22O7/c1-11-7-17(29-18(27)8-13-3-5-15(25)6-4-13)20-12(2)23(28)30-22(20)21-14(10-24)9-16(26)19(11)21/h3-6,9,17,20-22,24-25H,2,7-8,10H2,1H3/t17-,20+,21+,22-/m0/s1. The normalized spacial score (nSPS) is 27.9. The molecule has 4 rings (SSSR count). The Bertz CT molecular complexity index is 999. The number of hydrogen-bond donors (Lipinski definition) is 2. The highest BCUT2D eigenvalue weighted by Crippen LogP contribution is 2.48. The van der Waals surface area contributed by atoms with Crippen molar-refractivity contribution in [3.8, 4) is 5.75 Å². The predicted molar refractivity (Wildman–Crippen MR) is 105 cm³/mol. The zero-order valence-electron chi connectivity index (χ0n) is 16.5. The third kappa shape index (κ3) is 3.35. The van der Waals surface area contributed by atoms with Crippen LogP contribution in [0.4, 0.5) is 0 Å². The molecule has 7 heteroatoms. The van der Waals surface area contributed by atoms with Gasteiger partial charge in [0.1, 0.15) is 18.0 Å². The highest BCUT2D eigenvalue weighted by molar-refractivity contribution is 6.09. The Hall–Kier alpha value is -3.19. The summed E-state index contributed by atoms with van der Waals surface area (Å²) in [6.45, 7) is 5.31. The lowest BCUT2D eigenvalue weighted by Gasteiger charge is -2.28.